The van der Waals surface area contributed by atoms with E-state index in [0.717, 1.165) is 43.8 Å². The van der Waals surface area contributed by atoms with E-state index in [9.17, 15) is 4.79 Å². The second-order valence-electron chi connectivity index (χ2n) is 8.16. The molecule has 0 spiro atoms. The van der Waals surface area contributed by atoms with E-state index in [-0.39, 0.29) is 5.91 Å². The summed E-state index contributed by atoms with van der Waals surface area (Å²) in [6, 6.07) is 19.1. The summed E-state index contributed by atoms with van der Waals surface area (Å²) in [5.41, 5.74) is 9.38. The van der Waals surface area contributed by atoms with Crippen LogP contribution in [0.3, 0.4) is 0 Å². The number of rotatable bonds is 6. The third-order valence-electron chi connectivity index (χ3n) is 6.33. The summed E-state index contributed by atoms with van der Waals surface area (Å²) < 4.78 is 5.29. The molecule has 0 radical (unpaired) electrons. The van der Waals surface area contributed by atoms with Gasteiger partial charge in [0.1, 0.15) is 5.75 Å². The van der Waals surface area contributed by atoms with Crippen molar-refractivity contribution in [1.82, 2.24) is 15.8 Å². The third kappa shape index (κ3) is 4.80. The van der Waals surface area contributed by atoms with Gasteiger partial charge in [0.2, 0.25) is 5.91 Å². The fourth-order valence-electron chi connectivity index (χ4n) is 4.75. The Morgan fingerprint density at radius 1 is 1.17 bits per heavy atom. The minimum atomic E-state index is 0.264. The molecule has 0 aromatic heterocycles. The molecule has 5 nitrogen and oxygen atoms in total. The van der Waals surface area contributed by atoms with Crippen LogP contribution in [0.25, 0.3) is 0 Å². The van der Waals surface area contributed by atoms with Crippen LogP contribution in [0.5, 0.6) is 5.75 Å². The number of benzene rings is 2. The number of nitrogens with one attached hydrogen (secondary N) is 2. The summed E-state index contributed by atoms with van der Waals surface area (Å²) in [6.45, 7) is 2.66. The lowest BCUT2D eigenvalue weighted by Gasteiger charge is -2.37. The Morgan fingerprint density at radius 2 is 2.03 bits per heavy atom. The molecule has 2 heterocycles. The number of nitrogens with zero attached hydrogens (tertiary/aromatic N) is 1. The van der Waals surface area contributed by atoms with E-state index in [0.29, 0.717) is 24.3 Å². The first-order valence-corrected chi connectivity index (χ1v) is 10.7. The molecule has 2 aliphatic heterocycles. The minimum Gasteiger partial charge on any atom is -0.497 e. The molecule has 154 valence electrons. The van der Waals surface area contributed by atoms with Gasteiger partial charge in [-0.1, -0.05) is 42.5 Å². The van der Waals surface area contributed by atoms with E-state index < -0.39 is 0 Å². The van der Waals surface area contributed by atoms with E-state index in [1.807, 2.05) is 18.2 Å². The zero-order valence-corrected chi connectivity index (χ0v) is 17.1. The van der Waals surface area contributed by atoms with E-state index in [4.69, 9.17) is 4.74 Å². The first-order chi connectivity index (χ1) is 14.2. The van der Waals surface area contributed by atoms with Gasteiger partial charge in [-0.3, -0.25) is 15.6 Å². The number of piperidine rings is 1. The molecule has 2 saturated heterocycles. The quantitative estimate of drug-likeness (QED) is 0.792. The number of hydrogen-bond acceptors (Lipinski definition) is 4. The van der Waals surface area contributed by atoms with Crippen LogP contribution >= 0.6 is 0 Å². The van der Waals surface area contributed by atoms with Gasteiger partial charge in [-0.2, -0.15) is 0 Å². The molecule has 3 atom stereocenters. The molecular weight excluding hydrogens is 362 g/mol. The lowest BCUT2D eigenvalue weighted by Crippen LogP contribution is -2.48. The summed E-state index contributed by atoms with van der Waals surface area (Å²) in [4.78, 5) is 15.0. The Morgan fingerprint density at radius 3 is 2.86 bits per heavy atom. The highest BCUT2D eigenvalue weighted by Crippen LogP contribution is 2.31. The van der Waals surface area contributed by atoms with Crippen molar-refractivity contribution in [1.29, 1.82) is 0 Å². The summed E-state index contributed by atoms with van der Waals surface area (Å²) in [7, 11) is 1.67. The van der Waals surface area contributed by atoms with Gasteiger partial charge < -0.3 is 9.64 Å². The van der Waals surface area contributed by atoms with Gasteiger partial charge in [0.05, 0.1) is 7.11 Å². The van der Waals surface area contributed by atoms with Gasteiger partial charge in [-0.05, 0) is 48.4 Å². The van der Waals surface area contributed by atoms with Crippen LogP contribution in [0.2, 0.25) is 0 Å². The lowest BCUT2D eigenvalue weighted by molar-refractivity contribution is -0.133. The van der Waals surface area contributed by atoms with Crippen molar-refractivity contribution in [3.63, 3.8) is 0 Å². The number of hydrazine groups is 1. The fourth-order valence-corrected chi connectivity index (χ4v) is 4.75. The highest BCUT2D eigenvalue weighted by Gasteiger charge is 2.37. The van der Waals surface area contributed by atoms with Crippen LogP contribution in [0.1, 0.15) is 36.3 Å². The van der Waals surface area contributed by atoms with E-state index >= 15 is 0 Å². The predicted molar refractivity (Wildman–Crippen MR) is 115 cm³/mol. The molecule has 5 heteroatoms. The zero-order chi connectivity index (χ0) is 20.1. The molecule has 29 heavy (non-hydrogen) atoms. The first kappa shape index (κ1) is 19.9. The van der Waals surface area contributed by atoms with Gasteiger partial charge in [0, 0.05) is 38.0 Å². The zero-order valence-electron chi connectivity index (χ0n) is 17.1. The van der Waals surface area contributed by atoms with Crippen LogP contribution in [0, 0.1) is 5.92 Å². The standard InChI is InChI=1S/C24H31N3O2/c1-29-21-11-5-7-18(15-21)12-13-23(28)27-14-6-10-20(17-27)24-22(16-25-26-24)19-8-3-2-4-9-19/h2-5,7-9,11,15,20,22,24-26H,6,10,12-14,16-17H2,1H3. The number of aryl methyl sites for hydroxylation is 1. The summed E-state index contributed by atoms with van der Waals surface area (Å²) in [5, 5.41) is 0. The third-order valence-corrected chi connectivity index (χ3v) is 6.33. The SMILES string of the molecule is COc1cccc(CCC(=O)N2CCCC(C3NNCC3c3ccccc3)C2)c1. The van der Waals surface area contributed by atoms with Crippen LogP contribution in [0.15, 0.2) is 54.6 Å². The number of likely N-dealkylation sites (tertiary alicyclic amines) is 1. The minimum absolute atomic E-state index is 0.264. The van der Waals surface area contributed by atoms with Crippen molar-refractivity contribution in [3.8, 4) is 5.75 Å². The molecule has 2 aromatic rings. The van der Waals surface area contributed by atoms with Crippen molar-refractivity contribution in [2.24, 2.45) is 5.92 Å². The van der Waals surface area contributed by atoms with Crippen LogP contribution in [-0.2, 0) is 11.2 Å². The van der Waals surface area contributed by atoms with Crippen LogP contribution in [0.4, 0.5) is 0 Å². The molecule has 2 aromatic carbocycles. The molecule has 1 amide bonds. The second-order valence-corrected chi connectivity index (χ2v) is 8.16. The number of ether oxygens (including phenoxy) is 1. The van der Waals surface area contributed by atoms with Gasteiger partial charge >= 0.3 is 0 Å². The normalized spacial score (nSPS) is 24.4. The van der Waals surface area contributed by atoms with Crippen LogP contribution in [-0.4, -0.2) is 43.6 Å². The summed E-state index contributed by atoms with van der Waals surface area (Å²) >= 11 is 0. The topological polar surface area (TPSA) is 53.6 Å². The van der Waals surface area contributed by atoms with E-state index in [1.54, 1.807) is 7.11 Å². The van der Waals surface area contributed by atoms with Crippen molar-refractivity contribution in [2.75, 3.05) is 26.7 Å². The van der Waals surface area contributed by atoms with Gasteiger partial charge in [-0.25, -0.2) is 0 Å². The molecule has 3 unspecified atom stereocenters. The molecule has 2 aliphatic rings. The van der Waals surface area contributed by atoms with Crippen molar-refractivity contribution in [2.45, 2.75) is 37.6 Å². The van der Waals surface area contributed by atoms with Gasteiger partial charge in [0.25, 0.3) is 0 Å². The molecule has 0 bridgehead atoms. The maximum atomic E-state index is 12.9. The number of amides is 1. The van der Waals surface area contributed by atoms with E-state index in [1.165, 1.54) is 12.0 Å². The Balaban J connectivity index is 1.35. The second kappa shape index (κ2) is 9.42. The van der Waals surface area contributed by atoms with Gasteiger partial charge in [0.15, 0.2) is 0 Å². The monoisotopic (exact) mass is 393 g/mol. The Kier molecular flexibility index (Phi) is 6.47. The van der Waals surface area contributed by atoms with E-state index in [2.05, 4.69) is 52.1 Å². The Labute approximate surface area is 173 Å². The number of hydrogen-bond donors (Lipinski definition) is 2. The van der Waals surface area contributed by atoms with Crippen LogP contribution < -0.4 is 15.6 Å². The molecule has 4 rings (SSSR count). The average molecular weight is 394 g/mol. The highest BCUT2D eigenvalue weighted by molar-refractivity contribution is 5.76. The maximum absolute atomic E-state index is 12.9. The Hall–Kier alpha value is -2.37. The lowest BCUT2D eigenvalue weighted by atomic mass is 9.81. The number of carbonyl (C=O) groups is 1. The summed E-state index contributed by atoms with van der Waals surface area (Å²) in [5.74, 6) is 2.04. The summed E-state index contributed by atoms with van der Waals surface area (Å²) in [6.07, 6.45) is 3.56. The van der Waals surface area contributed by atoms with Crippen molar-refractivity contribution < 1.29 is 9.53 Å². The predicted octanol–water partition coefficient (Wildman–Crippen LogP) is 3.13. The molecule has 2 N–H and O–H groups in total. The van der Waals surface area contributed by atoms with Gasteiger partial charge in [-0.15, -0.1) is 0 Å². The molecule has 0 saturated carbocycles. The largest absolute Gasteiger partial charge is 0.497 e. The Bertz CT molecular complexity index is 811. The average Bonchev–Trinajstić information content (AvgIpc) is 3.28. The molecule has 2 fully saturated rings. The fraction of sp³-hybridized carbons (Fsp3) is 0.458. The maximum Gasteiger partial charge on any atom is 0.222 e. The highest BCUT2D eigenvalue weighted by atomic mass is 16.5. The smallest absolute Gasteiger partial charge is 0.222 e. The van der Waals surface area contributed by atoms with Crippen molar-refractivity contribution in [3.05, 3.63) is 65.7 Å². The van der Waals surface area contributed by atoms with Crippen molar-refractivity contribution >= 4 is 5.91 Å². The number of methoxy groups -OCH3 is 1. The number of carbonyl (C=O) groups excluding carboxylic acids is 1. The first-order valence-electron chi connectivity index (χ1n) is 10.7. The molecular formula is C24H31N3O2. The molecule has 0 aliphatic carbocycles.